The number of amides is 1. The minimum atomic E-state index is -1.05. The summed E-state index contributed by atoms with van der Waals surface area (Å²) < 4.78 is 5.14. The number of oxazole rings is 1. The molecule has 0 radical (unpaired) electrons. The monoisotopic (exact) mass is 254 g/mol. The van der Waals surface area contributed by atoms with Gasteiger partial charge in [-0.25, -0.2) is 9.78 Å². The van der Waals surface area contributed by atoms with Crippen LogP contribution in [-0.4, -0.2) is 28.0 Å². The maximum absolute atomic E-state index is 11.9. The fourth-order valence-electron chi connectivity index (χ4n) is 1.66. The highest BCUT2D eigenvalue weighted by Crippen LogP contribution is 2.10. The number of carboxylic acid groups (broad SMARTS) is 1. The molecule has 0 aliphatic rings. The molecule has 0 saturated carbocycles. The molecule has 0 spiro atoms. The van der Waals surface area contributed by atoms with Crippen LogP contribution in [0.3, 0.4) is 0 Å². The molecule has 100 valence electrons. The van der Waals surface area contributed by atoms with Crippen LogP contribution in [0.4, 0.5) is 0 Å². The normalized spacial score (nSPS) is 12.5. The Morgan fingerprint density at radius 1 is 1.39 bits per heavy atom. The summed E-state index contributed by atoms with van der Waals surface area (Å²) in [7, 11) is 0. The molecule has 2 N–H and O–H groups in total. The van der Waals surface area contributed by atoms with Crippen LogP contribution in [0, 0.1) is 19.8 Å². The first-order valence-corrected chi connectivity index (χ1v) is 5.79. The van der Waals surface area contributed by atoms with Crippen molar-refractivity contribution in [1.29, 1.82) is 0 Å². The lowest BCUT2D eigenvalue weighted by Gasteiger charge is -2.15. The van der Waals surface area contributed by atoms with Crippen molar-refractivity contribution in [2.45, 2.75) is 40.2 Å². The van der Waals surface area contributed by atoms with Crippen molar-refractivity contribution in [3.05, 3.63) is 17.3 Å². The Labute approximate surface area is 105 Å². The van der Waals surface area contributed by atoms with Gasteiger partial charge in [-0.3, -0.25) is 4.79 Å². The maximum Gasteiger partial charge on any atom is 0.326 e. The van der Waals surface area contributed by atoms with Crippen molar-refractivity contribution in [3.8, 4) is 0 Å². The largest absolute Gasteiger partial charge is 0.480 e. The van der Waals surface area contributed by atoms with E-state index in [1.54, 1.807) is 13.8 Å². The average Bonchev–Trinajstić information content (AvgIpc) is 2.56. The molecule has 1 aromatic heterocycles. The zero-order valence-electron chi connectivity index (χ0n) is 11.0. The zero-order valence-corrected chi connectivity index (χ0v) is 11.0. The van der Waals surface area contributed by atoms with Gasteiger partial charge in [-0.05, 0) is 19.3 Å². The zero-order chi connectivity index (χ0) is 13.9. The van der Waals surface area contributed by atoms with Crippen LogP contribution in [0.2, 0.25) is 0 Å². The first-order valence-electron chi connectivity index (χ1n) is 5.79. The number of nitrogens with one attached hydrogen (secondary N) is 1. The number of hydrogen-bond acceptors (Lipinski definition) is 4. The first-order chi connectivity index (χ1) is 8.31. The van der Waals surface area contributed by atoms with Crippen LogP contribution in [0.15, 0.2) is 4.42 Å². The minimum Gasteiger partial charge on any atom is -0.480 e. The maximum atomic E-state index is 11.9. The van der Waals surface area contributed by atoms with Crippen LogP contribution in [0.5, 0.6) is 0 Å². The molecular weight excluding hydrogens is 236 g/mol. The summed E-state index contributed by atoms with van der Waals surface area (Å²) in [6.07, 6.45) is 0.372. The number of carbonyl (C=O) groups excluding carboxylic acids is 1. The molecule has 0 aliphatic heterocycles. The van der Waals surface area contributed by atoms with Gasteiger partial charge in [-0.1, -0.05) is 13.8 Å². The van der Waals surface area contributed by atoms with E-state index < -0.39 is 17.9 Å². The van der Waals surface area contributed by atoms with E-state index in [0.29, 0.717) is 18.1 Å². The van der Waals surface area contributed by atoms with E-state index in [2.05, 4.69) is 10.3 Å². The van der Waals surface area contributed by atoms with Gasteiger partial charge < -0.3 is 14.8 Å². The Balaban J connectivity index is 2.78. The third-order valence-corrected chi connectivity index (χ3v) is 2.43. The van der Waals surface area contributed by atoms with Crippen LogP contribution in [0.1, 0.15) is 42.4 Å². The second kappa shape index (κ2) is 5.66. The van der Waals surface area contributed by atoms with Crippen LogP contribution >= 0.6 is 0 Å². The molecule has 1 atom stereocenters. The molecule has 1 amide bonds. The third-order valence-electron chi connectivity index (χ3n) is 2.43. The third kappa shape index (κ3) is 3.58. The second-order valence-electron chi connectivity index (χ2n) is 4.63. The Hall–Kier alpha value is -1.85. The lowest BCUT2D eigenvalue weighted by atomic mass is 10.0. The topological polar surface area (TPSA) is 92.4 Å². The highest BCUT2D eigenvalue weighted by atomic mass is 16.4. The number of nitrogens with zero attached hydrogens (tertiary/aromatic N) is 1. The number of rotatable bonds is 5. The van der Waals surface area contributed by atoms with E-state index in [-0.39, 0.29) is 11.6 Å². The number of aryl methyl sites for hydroxylation is 2. The van der Waals surface area contributed by atoms with E-state index in [4.69, 9.17) is 9.52 Å². The summed E-state index contributed by atoms with van der Waals surface area (Å²) in [6.45, 7) is 7.04. The van der Waals surface area contributed by atoms with E-state index in [1.165, 1.54) is 0 Å². The van der Waals surface area contributed by atoms with Crippen molar-refractivity contribution in [2.75, 3.05) is 0 Å². The van der Waals surface area contributed by atoms with Crippen molar-refractivity contribution >= 4 is 11.9 Å². The SMILES string of the molecule is Cc1nc(C(=O)N[C@@H](CC(C)C)C(=O)O)c(C)o1. The quantitative estimate of drug-likeness (QED) is 0.831. The summed E-state index contributed by atoms with van der Waals surface area (Å²) >= 11 is 0. The van der Waals surface area contributed by atoms with Crippen molar-refractivity contribution in [2.24, 2.45) is 5.92 Å². The van der Waals surface area contributed by atoms with Gasteiger partial charge >= 0.3 is 5.97 Å². The summed E-state index contributed by atoms with van der Waals surface area (Å²) in [5, 5.41) is 11.5. The average molecular weight is 254 g/mol. The lowest BCUT2D eigenvalue weighted by molar-refractivity contribution is -0.139. The van der Waals surface area contributed by atoms with E-state index >= 15 is 0 Å². The molecule has 1 aromatic rings. The lowest BCUT2D eigenvalue weighted by Crippen LogP contribution is -2.42. The molecule has 0 aromatic carbocycles. The Bertz CT molecular complexity index is 451. The number of aliphatic carboxylic acids is 1. The predicted octanol–water partition coefficient (Wildman–Crippen LogP) is 1.52. The highest BCUT2D eigenvalue weighted by molar-refractivity contribution is 5.95. The molecule has 1 rings (SSSR count). The summed E-state index contributed by atoms with van der Waals surface area (Å²) in [6, 6.07) is -0.908. The fraction of sp³-hybridized carbons (Fsp3) is 0.583. The van der Waals surface area contributed by atoms with Gasteiger partial charge in [-0.2, -0.15) is 0 Å². The Kier molecular flexibility index (Phi) is 4.47. The van der Waals surface area contributed by atoms with Crippen molar-refractivity contribution in [3.63, 3.8) is 0 Å². The van der Waals surface area contributed by atoms with Gasteiger partial charge in [0.2, 0.25) is 0 Å². The predicted molar refractivity (Wildman–Crippen MR) is 64.3 cm³/mol. The number of carbonyl (C=O) groups is 2. The molecule has 0 bridgehead atoms. The van der Waals surface area contributed by atoms with Gasteiger partial charge in [0.15, 0.2) is 11.6 Å². The van der Waals surface area contributed by atoms with Gasteiger partial charge in [0.1, 0.15) is 11.8 Å². The van der Waals surface area contributed by atoms with Gasteiger partial charge in [0.05, 0.1) is 0 Å². The van der Waals surface area contributed by atoms with Crippen LogP contribution < -0.4 is 5.32 Å². The summed E-state index contributed by atoms with van der Waals surface area (Å²) in [5.74, 6) is -0.620. The molecule has 1 heterocycles. The number of carboxylic acids is 1. The summed E-state index contributed by atoms with van der Waals surface area (Å²) in [5.41, 5.74) is 0.141. The minimum absolute atomic E-state index is 0.141. The molecular formula is C12H18N2O4. The number of hydrogen-bond donors (Lipinski definition) is 2. The smallest absolute Gasteiger partial charge is 0.326 e. The molecule has 0 aliphatic carbocycles. The van der Waals surface area contributed by atoms with Crippen molar-refractivity contribution < 1.29 is 19.1 Å². The molecule has 0 fully saturated rings. The van der Waals surface area contributed by atoms with E-state index in [1.807, 2.05) is 13.8 Å². The van der Waals surface area contributed by atoms with E-state index in [9.17, 15) is 9.59 Å². The summed E-state index contributed by atoms with van der Waals surface area (Å²) in [4.78, 5) is 26.8. The molecule has 0 saturated heterocycles. The van der Waals surface area contributed by atoms with Crippen LogP contribution in [-0.2, 0) is 4.79 Å². The second-order valence-corrected chi connectivity index (χ2v) is 4.63. The molecule has 0 unspecified atom stereocenters. The number of aromatic nitrogens is 1. The first kappa shape index (κ1) is 14.2. The van der Waals surface area contributed by atoms with Gasteiger partial charge in [0.25, 0.3) is 5.91 Å². The van der Waals surface area contributed by atoms with Gasteiger partial charge in [-0.15, -0.1) is 0 Å². The molecule has 6 nitrogen and oxygen atoms in total. The molecule has 6 heteroatoms. The Morgan fingerprint density at radius 3 is 2.39 bits per heavy atom. The Morgan fingerprint density at radius 2 is 2.00 bits per heavy atom. The fourth-order valence-corrected chi connectivity index (χ4v) is 1.66. The molecule has 18 heavy (non-hydrogen) atoms. The van der Waals surface area contributed by atoms with Crippen LogP contribution in [0.25, 0.3) is 0 Å². The standard InChI is InChI=1S/C12H18N2O4/c1-6(2)5-9(12(16)17)14-11(15)10-7(3)18-8(4)13-10/h6,9H,5H2,1-4H3,(H,14,15)(H,16,17)/t9-/m0/s1. The highest BCUT2D eigenvalue weighted by Gasteiger charge is 2.24. The van der Waals surface area contributed by atoms with Crippen molar-refractivity contribution in [1.82, 2.24) is 10.3 Å². The van der Waals surface area contributed by atoms with Gasteiger partial charge in [0, 0.05) is 6.92 Å². The van der Waals surface area contributed by atoms with E-state index in [0.717, 1.165) is 0 Å².